The normalized spacial score (nSPS) is 18.6. The van der Waals surface area contributed by atoms with Crippen molar-refractivity contribution in [1.29, 1.82) is 0 Å². The molecule has 6 nitrogen and oxygen atoms in total. The summed E-state index contributed by atoms with van der Waals surface area (Å²) in [5.74, 6) is -40.4. The molecule has 0 aliphatic rings. The van der Waals surface area contributed by atoms with Crippen molar-refractivity contribution in [2.75, 3.05) is 6.61 Å². The Bertz CT molecular complexity index is 681. The van der Waals surface area contributed by atoms with Gasteiger partial charge in [0.05, 0.1) is 6.61 Å². The molecule has 0 rings (SSSR count). The fourth-order valence-corrected chi connectivity index (χ4v) is 2.10. The third-order valence-corrected chi connectivity index (χ3v) is 4.27. The van der Waals surface area contributed by atoms with Crippen molar-refractivity contribution in [3.63, 3.8) is 0 Å². The number of hydrogen-bond donors (Lipinski definition) is 5. The molecule has 4 atom stereocenters. The summed E-state index contributed by atoms with van der Waals surface area (Å²) in [6, 6.07) is 0. The SMILES string of the molecule is O=C(CCC(F)(F)C(F)(F)C(F)(F)C(F)(F)C(F)(F)C(F)(F)F)C(O)C(O)C(O)C(O)CO. The Morgan fingerprint density at radius 2 is 1.03 bits per heavy atom. The topological polar surface area (TPSA) is 118 Å². The summed E-state index contributed by atoms with van der Waals surface area (Å²) in [6.07, 6.45) is -23.3. The van der Waals surface area contributed by atoms with E-state index in [0.717, 1.165) is 0 Å². The fourth-order valence-electron chi connectivity index (χ4n) is 2.10. The number of alkyl halides is 13. The molecule has 0 aromatic heterocycles. The highest BCUT2D eigenvalue weighted by Gasteiger charge is 2.90. The number of rotatable bonds is 12. The molecule has 0 aromatic carbocycles. The van der Waals surface area contributed by atoms with Gasteiger partial charge in [0, 0.05) is 12.8 Å². The average Bonchev–Trinajstić information content (AvgIpc) is 2.67. The van der Waals surface area contributed by atoms with Crippen LogP contribution in [0.1, 0.15) is 12.8 Å². The van der Waals surface area contributed by atoms with Crippen LogP contribution in [0.2, 0.25) is 0 Å². The van der Waals surface area contributed by atoms with Crippen molar-refractivity contribution in [1.82, 2.24) is 0 Å². The molecule has 0 amide bonds. The zero-order chi connectivity index (χ0) is 27.0. The predicted molar refractivity (Wildman–Crippen MR) is 76.1 cm³/mol. The smallest absolute Gasteiger partial charge is 0.394 e. The molecule has 0 saturated heterocycles. The molecule has 4 unspecified atom stereocenters. The number of aliphatic hydroxyl groups excluding tert-OH is 5. The molecule has 0 aromatic rings. The number of carbonyl (C=O) groups excluding carboxylic acids is 1. The summed E-state index contributed by atoms with van der Waals surface area (Å²) in [5.41, 5.74) is 0. The van der Waals surface area contributed by atoms with Crippen LogP contribution in [0.4, 0.5) is 57.1 Å². The van der Waals surface area contributed by atoms with Gasteiger partial charge in [-0.05, 0) is 0 Å². The van der Waals surface area contributed by atoms with Gasteiger partial charge >= 0.3 is 35.8 Å². The first-order valence-corrected chi connectivity index (χ1v) is 8.16. The zero-order valence-corrected chi connectivity index (χ0v) is 15.5. The monoisotopic (exact) mass is 526 g/mol. The Balaban J connectivity index is 5.78. The second-order valence-electron chi connectivity index (χ2n) is 6.64. The summed E-state index contributed by atoms with van der Waals surface area (Å²) in [7, 11) is 0. The van der Waals surface area contributed by atoms with Crippen LogP contribution in [0.25, 0.3) is 0 Å². The van der Waals surface area contributed by atoms with Crippen molar-refractivity contribution in [3.8, 4) is 0 Å². The van der Waals surface area contributed by atoms with E-state index in [2.05, 4.69) is 0 Å². The third-order valence-electron chi connectivity index (χ3n) is 4.27. The lowest BCUT2D eigenvalue weighted by atomic mass is 9.90. The molecular formula is C14H15F13O6. The Morgan fingerprint density at radius 3 is 1.39 bits per heavy atom. The van der Waals surface area contributed by atoms with E-state index in [1.165, 1.54) is 0 Å². The largest absolute Gasteiger partial charge is 0.460 e. The van der Waals surface area contributed by atoms with Gasteiger partial charge in [-0.15, -0.1) is 0 Å². The van der Waals surface area contributed by atoms with E-state index < -0.39 is 85.4 Å². The predicted octanol–water partition coefficient (Wildman–Crippen LogP) is 1.51. The van der Waals surface area contributed by atoms with Gasteiger partial charge < -0.3 is 25.5 Å². The Hall–Kier alpha value is -1.44. The minimum absolute atomic E-state index is 1.30. The van der Waals surface area contributed by atoms with Crippen LogP contribution in [0.15, 0.2) is 0 Å². The molecule has 0 radical (unpaired) electrons. The summed E-state index contributed by atoms with van der Waals surface area (Å²) in [6.45, 7) is -1.30. The molecule has 0 bridgehead atoms. The second kappa shape index (κ2) is 9.67. The van der Waals surface area contributed by atoms with Gasteiger partial charge in [-0.3, -0.25) is 4.79 Å². The summed E-state index contributed by atoms with van der Waals surface area (Å²) in [4.78, 5) is 11.5. The van der Waals surface area contributed by atoms with Crippen LogP contribution in [0.3, 0.4) is 0 Å². The maximum absolute atomic E-state index is 13.6. The van der Waals surface area contributed by atoms with Crippen molar-refractivity contribution in [2.45, 2.75) is 73.0 Å². The van der Waals surface area contributed by atoms with Crippen LogP contribution in [0.5, 0.6) is 0 Å². The van der Waals surface area contributed by atoms with E-state index in [-0.39, 0.29) is 0 Å². The van der Waals surface area contributed by atoms with E-state index in [1.54, 1.807) is 0 Å². The van der Waals surface area contributed by atoms with Crippen molar-refractivity contribution < 1.29 is 87.4 Å². The summed E-state index contributed by atoms with van der Waals surface area (Å²) < 4.78 is 168. The van der Waals surface area contributed by atoms with E-state index in [9.17, 15) is 77.2 Å². The van der Waals surface area contributed by atoms with Gasteiger partial charge in [-0.25, -0.2) is 0 Å². The lowest BCUT2D eigenvalue weighted by Crippen LogP contribution is -2.70. The number of ketones is 1. The first-order chi connectivity index (χ1) is 14.3. The highest BCUT2D eigenvalue weighted by atomic mass is 19.4. The summed E-state index contributed by atoms with van der Waals surface area (Å²) >= 11 is 0. The molecular weight excluding hydrogens is 511 g/mol. The van der Waals surface area contributed by atoms with Crippen molar-refractivity contribution >= 4 is 5.78 Å². The van der Waals surface area contributed by atoms with Gasteiger partial charge in [0.1, 0.15) is 24.4 Å². The van der Waals surface area contributed by atoms with Crippen molar-refractivity contribution in [3.05, 3.63) is 0 Å². The van der Waals surface area contributed by atoms with Gasteiger partial charge in [-0.2, -0.15) is 57.1 Å². The number of carbonyl (C=O) groups is 1. The molecule has 19 heteroatoms. The third kappa shape index (κ3) is 5.46. The Labute approximate surface area is 174 Å². The highest BCUT2D eigenvalue weighted by molar-refractivity contribution is 5.83. The van der Waals surface area contributed by atoms with Gasteiger partial charge in [0.25, 0.3) is 0 Å². The molecule has 198 valence electrons. The molecule has 0 fully saturated rings. The van der Waals surface area contributed by atoms with Crippen LogP contribution < -0.4 is 0 Å². The Morgan fingerprint density at radius 1 is 0.636 bits per heavy atom. The van der Waals surface area contributed by atoms with E-state index in [1.807, 2.05) is 0 Å². The van der Waals surface area contributed by atoms with Crippen molar-refractivity contribution in [2.24, 2.45) is 0 Å². The van der Waals surface area contributed by atoms with Crippen LogP contribution in [-0.2, 0) is 4.79 Å². The van der Waals surface area contributed by atoms with Crippen LogP contribution in [0, 0.1) is 0 Å². The number of aliphatic hydroxyl groups is 5. The lowest BCUT2D eigenvalue weighted by Gasteiger charge is -2.39. The Kier molecular flexibility index (Phi) is 9.24. The lowest BCUT2D eigenvalue weighted by molar-refractivity contribution is -0.440. The fraction of sp³-hybridized carbons (Fsp3) is 0.929. The summed E-state index contributed by atoms with van der Waals surface area (Å²) in [5, 5.41) is 45.3. The molecule has 0 saturated carbocycles. The van der Waals surface area contributed by atoms with Gasteiger partial charge in [0.15, 0.2) is 5.78 Å². The zero-order valence-electron chi connectivity index (χ0n) is 15.5. The molecule has 0 aliphatic heterocycles. The van der Waals surface area contributed by atoms with Crippen LogP contribution in [-0.4, -0.2) is 98.1 Å². The van der Waals surface area contributed by atoms with E-state index in [0.29, 0.717) is 0 Å². The minimum atomic E-state index is -8.10. The minimum Gasteiger partial charge on any atom is -0.394 e. The highest BCUT2D eigenvalue weighted by Crippen LogP contribution is 2.60. The van der Waals surface area contributed by atoms with Crippen LogP contribution >= 0.6 is 0 Å². The number of halogens is 13. The second-order valence-corrected chi connectivity index (χ2v) is 6.64. The van der Waals surface area contributed by atoms with Gasteiger partial charge in [0.2, 0.25) is 0 Å². The molecule has 0 spiro atoms. The average molecular weight is 526 g/mol. The first kappa shape index (κ1) is 31.6. The van der Waals surface area contributed by atoms with E-state index >= 15 is 0 Å². The number of Topliss-reactive ketones (excluding diaryl/α,β-unsaturated/α-hetero) is 1. The molecule has 0 aliphatic carbocycles. The standard InChI is InChI=1S/C14H15F13O6/c15-9(16,2-1-4(29)6(31)8(33)7(32)5(30)3-28)10(17,18)11(19,20)12(21,22)13(23,24)14(25,26)27/h5-8,28,30-33H,1-3H2. The quantitative estimate of drug-likeness (QED) is 0.246. The van der Waals surface area contributed by atoms with E-state index in [4.69, 9.17) is 10.2 Å². The molecule has 0 heterocycles. The maximum atomic E-state index is 13.6. The molecule has 33 heavy (non-hydrogen) atoms. The number of hydrogen-bond acceptors (Lipinski definition) is 6. The van der Waals surface area contributed by atoms with Gasteiger partial charge in [-0.1, -0.05) is 0 Å². The first-order valence-electron chi connectivity index (χ1n) is 8.16. The molecule has 5 N–H and O–H groups in total. The maximum Gasteiger partial charge on any atom is 0.460 e.